The lowest BCUT2D eigenvalue weighted by Gasteiger charge is -2.19. The molecule has 0 atom stereocenters. The van der Waals surface area contributed by atoms with Crippen molar-refractivity contribution in [3.8, 4) is 0 Å². The molecule has 0 bridgehead atoms. The van der Waals surface area contributed by atoms with E-state index in [1.54, 1.807) is 0 Å². The van der Waals surface area contributed by atoms with Crippen molar-refractivity contribution in [1.82, 2.24) is 10.2 Å². The molecular formula is C13H26N2O. The summed E-state index contributed by atoms with van der Waals surface area (Å²) in [4.78, 5) is 2.54. The van der Waals surface area contributed by atoms with E-state index in [0.717, 1.165) is 25.8 Å². The highest BCUT2D eigenvalue weighted by molar-refractivity contribution is 4.73. The lowest BCUT2D eigenvalue weighted by molar-refractivity contribution is 0.141. The third-order valence-electron chi connectivity index (χ3n) is 3.75. The molecule has 0 radical (unpaired) electrons. The third-order valence-corrected chi connectivity index (χ3v) is 3.75. The fraction of sp³-hybridized carbons (Fsp3) is 1.00. The second-order valence-electron chi connectivity index (χ2n) is 5.10. The van der Waals surface area contributed by atoms with Gasteiger partial charge in [0, 0.05) is 25.7 Å². The molecular weight excluding hydrogens is 200 g/mol. The van der Waals surface area contributed by atoms with Crippen molar-refractivity contribution in [2.75, 3.05) is 39.4 Å². The van der Waals surface area contributed by atoms with Gasteiger partial charge in [-0.25, -0.2) is 0 Å². The average Bonchev–Trinajstić information content (AvgIpc) is 2.68. The SMILES string of the molecule is C1CCC(NCCCN2CCCOCC2)C1. The molecule has 1 aliphatic carbocycles. The summed E-state index contributed by atoms with van der Waals surface area (Å²) in [5, 5.41) is 3.68. The Morgan fingerprint density at radius 3 is 2.81 bits per heavy atom. The van der Waals surface area contributed by atoms with E-state index in [4.69, 9.17) is 4.74 Å². The fourth-order valence-corrected chi connectivity index (χ4v) is 2.76. The zero-order valence-corrected chi connectivity index (χ0v) is 10.4. The topological polar surface area (TPSA) is 24.5 Å². The number of ether oxygens (including phenoxy) is 1. The summed E-state index contributed by atoms with van der Waals surface area (Å²) >= 11 is 0. The Hall–Kier alpha value is -0.120. The number of hydrogen-bond donors (Lipinski definition) is 1. The standard InChI is InChI=1S/C13H26N2O/c1-2-6-13(5-1)14-7-3-8-15-9-4-11-16-12-10-15/h13-14H,1-12H2. The summed E-state index contributed by atoms with van der Waals surface area (Å²) in [6, 6.07) is 0.826. The first-order chi connectivity index (χ1) is 7.95. The number of nitrogens with zero attached hydrogens (tertiary/aromatic N) is 1. The minimum absolute atomic E-state index is 0.826. The monoisotopic (exact) mass is 226 g/mol. The van der Waals surface area contributed by atoms with Gasteiger partial charge in [-0.2, -0.15) is 0 Å². The molecule has 0 amide bonds. The highest BCUT2D eigenvalue weighted by Crippen LogP contribution is 2.17. The summed E-state index contributed by atoms with van der Waals surface area (Å²) in [6.45, 7) is 6.67. The molecule has 16 heavy (non-hydrogen) atoms. The van der Waals surface area contributed by atoms with E-state index in [-0.39, 0.29) is 0 Å². The van der Waals surface area contributed by atoms with E-state index in [0.29, 0.717) is 0 Å². The second kappa shape index (κ2) is 7.25. The number of nitrogens with one attached hydrogen (secondary N) is 1. The Bertz CT molecular complexity index is 173. The quantitative estimate of drug-likeness (QED) is 0.721. The van der Waals surface area contributed by atoms with Crippen LogP contribution in [-0.4, -0.2) is 50.3 Å². The van der Waals surface area contributed by atoms with Gasteiger partial charge in [-0.15, -0.1) is 0 Å². The van der Waals surface area contributed by atoms with Gasteiger partial charge in [0.2, 0.25) is 0 Å². The zero-order valence-electron chi connectivity index (χ0n) is 10.4. The van der Waals surface area contributed by atoms with Gasteiger partial charge in [0.05, 0.1) is 6.61 Å². The molecule has 3 heteroatoms. The summed E-state index contributed by atoms with van der Waals surface area (Å²) < 4.78 is 5.45. The minimum Gasteiger partial charge on any atom is -0.380 e. The maximum absolute atomic E-state index is 5.45. The van der Waals surface area contributed by atoms with Gasteiger partial charge in [0.1, 0.15) is 0 Å². The van der Waals surface area contributed by atoms with Crippen molar-refractivity contribution in [1.29, 1.82) is 0 Å². The Morgan fingerprint density at radius 1 is 1.06 bits per heavy atom. The molecule has 0 aromatic carbocycles. The van der Waals surface area contributed by atoms with Crippen LogP contribution in [0, 0.1) is 0 Å². The lowest BCUT2D eigenvalue weighted by Crippen LogP contribution is -2.32. The summed E-state index contributed by atoms with van der Waals surface area (Å²) in [7, 11) is 0. The van der Waals surface area contributed by atoms with E-state index in [2.05, 4.69) is 10.2 Å². The van der Waals surface area contributed by atoms with Gasteiger partial charge < -0.3 is 15.0 Å². The summed E-state index contributed by atoms with van der Waals surface area (Å²) in [5.41, 5.74) is 0. The predicted molar refractivity (Wildman–Crippen MR) is 66.8 cm³/mol. The van der Waals surface area contributed by atoms with Gasteiger partial charge >= 0.3 is 0 Å². The van der Waals surface area contributed by atoms with E-state index in [9.17, 15) is 0 Å². The van der Waals surface area contributed by atoms with Gasteiger partial charge in [0.25, 0.3) is 0 Å². The van der Waals surface area contributed by atoms with Crippen molar-refractivity contribution in [2.45, 2.75) is 44.6 Å². The van der Waals surface area contributed by atoms with Crippen molar-refractivity contribution in [2.24, 2.45) is 0 Å². The van der Waals surface area contributed by atoms with E-state index in [1.165, 1.54) is 58.2 Å². The Labute approximate surface area is 99.5 Å². The maximum atomic E-state index is 5.45. The first-order valence-corrected chi connectivity index (χ1v) is 6.98. The molecule has 1 aliphatic heterocycles. The highest BCUT2D eigenvalue weighted by Gasteiger charge is 2.13. The molecule has 0 unspecified atom stereocenters. The molecule has 1 N–H and O–H groups in total. The summed E-state index contributed by atoms with van der Waals surface area (Å²) in [5.74, 6) is 0. The normalized spacial score (nSPS) is 24.8. The van der Waals surface area contributed by atoms with Crippen LogP contribution in [0.4, 0.5) is 0 Å². The average molecular weight is 226 g/mol. The van der Waals surface area contributed by atoms with Crippen LogP contribution in [0.3, 0.4) is 0 Å². The maximum Gasteiger partial charge on any atom is 0.0593 e. The molecule has 0 aromatic rings. The first-order valence-electron chi connectivity index (χ1n) is 6.98. The number of hydrogen-bond acceptors (Lipinski definition) is 3. The van der Waals surface area contributed by atoms with Gasteiger partial charge in [-0.05, 0) is 38.8 Å². The van der Waals surface area contributed by atoms with Crippen molar-refractivity contribution in [3.05, 3.63) is 0 Å². The van der Waals surface area contributed by atoms with Crippen LogP contribution in [0.2, 0.25) is 0 Å². The minimum atomic E-state index is 0.826. The molecule has 3 nitrogen and oxygen atoms in total. The van der Waals surface area contributed by atoms with Gasteiger partial charge in [0.15, 0.2) is 0 Å². The Kier molecular flexibility index (Phi) is 5.59. The Morgan fingerprint density at radius 2 is 1.94 bits per heavy atom. The molecule has 0 aromatic heterocycles. The summed E-state index contributed by atoms with van der Waals surface area (Å²) in [6.07, 6.45) is 8.16. The molecule has 1 saturated carbocycles. The fourth-order valence-electron chi connectivity index (χ4n) is 2.76. The van der Waals surface area contributed by atoms with E-state index in [1.807, 2.05) is 0 Å². The van der Waals surface area contributed by atoms with Crippen molar-refractivity contribution < 1.29 is 4.74 Å². The van der Waals surface area contributed by atoms with Crippen LogP contribution >= 0.6 is 0 Å². The molecule has 1 heterocycles. The van der Waals surface area contributed by atoms with Crippen molar-refractivity contribution in [3.63, 3.8) is 0 Å². The van der Waals surface area contributed by atoms with Crippen LogP contribution in [0.25, 0.3) is 0 Å². The first kappa shape index (κ1) is 12.3. The third kappa shape index (κ3) is 4.40. The molecule has 2 rings (SSSR count). The van der Waals surface area contributed by atoms with Crippen LogP contribution in [0.1, 0.15) is 38.5 Å². The predicted octanol–water partition coefficient (Wildman–Crippen LogP) is 1.63. The van der Waals surface area contributed by atoms with E-state index < -0.39 is 0 Å². The van der Waals surface area contributed by atoms with Crippen molar-refractivity contribution >= 4 is 0 Å². The van der Waals surface area contributed by atoms with Crippen LogP contribution < -0.4 is 5.32 Å². The van der Waals surface area contributed by atoms with Gasteiger partial charge in [-0.3, -0.25) is 0 Å². The second-order valence-corrected chi connectivity index (χ2v) is 5.10. The zero-order chi connectivity index (χ0) is 11.1. The molecule has 2 fully saturated rings. The van der Waals surface area contributed by atoms with Crippen LogP contribution in [0.15, 0.2) is 0 Å². The van der Waals surface area contributed by atoms with Gasteiger partial charge in [-0.1, -0.05) is 12.8 Å². The van der Waals surface area contributed by atoms with Crippen LogP contribution in [0.5, 0.6) is 0 Å². The molecule has 0 spiro atoms. The lowest BCUT2D eigenvalue weighted by atomic mass is 10.2. The number of rotatable bonds is 5. The van der Waals surface area contributed by atoms with E-state index >= 15 is 0 Å². The Balaban J connectivity index is 1.49. The molecule has 94 valence electrons. The largest absolute Gasteiger partial charge is 0.380 e. The molecule has 1 saturated heterocycles. The highest BCUT2D eigenvalue weighted by atomic mass is 16.5. The smallest absolute Gasteiger partial charge is 0.0593 e. The molecule has 2 aliphatic rings. The van der Waals surface area contributed by atoms with Crippen LogP contribution in [-0.2, 0) is 4.74 Å².